The second kappa shape index (κ2) is 5.86. The van der Waals surface area contributed by atoms with E-state index in [4.69, 9.17) is 0 Å². The first-order chi connectivity index (χ1) is 8.66. The summed E-state index contributed by atoms with van der Waals surface area (Å²) in [6.45, 7) is 2.47. The molecule has 2 amide bonds. The number of piperidine rings is 1. The van der Waals surface area contributed by atoms with Gasteiger partial charge in [-0.05, 0) is 18.9 Å². The minimum atomic E-state index is 0.113. The van der Waals surface area contributed by atoms with Crippen molar-refractivity contribution in [1.82, 2.24) is 25.3 Å². The molecular formula is C12H21N5O. The number of hydrogen-bond donors (Lipinski definition) is 2. The van der Waals surface area contributed by atoms with Gasteiger partial charge in [0.2, 0.25) is 0 Å². The molecule has 0 atom stereocenters. The van der Waals surface area contributed by atoms with Crippen molar-refractivity contribution in [2.75, 3.05) is 27.2 Å². The van der Waals surface area contributed by atoms with Crippen LogP contribution >= 0.6 is 0 Å². The van der Waals surface area contributed by atoms with Crippen molar-refractivity contribution in [1.29, 1.82) is 0 Å². The van der Waals surface area contributed by atoms with Gasteiger partial charge < -0.3 is 15.1 Å². The van der Waals surface area contributed by atoms with Crippen LogP contribution in [-0.4, -0.2) is 59.3 Å². The standard InChI is InChI=1S/C12H21N5O/c1-16(2)12(18)17-7-4-10(5-8-17)13-9-11-3-6-14-15-11/h3,6,10,13H,4-5,7-9H2,1-2H3,(H,14,15). The smallest absolute Gasteiger partial charge is 0.319 e. The molecular weight excluding hydrogens is 230 g/mol. The Bertz CT molecular complexity index is 368. The highest BCUT2D eigenvalue weighted by Crippen LogP contribution is 2.12. The third-order valence-corrected chi connectivity index (χ3v) is 3.29. The van der Waals surface area contributed by atoms with Crippen LogP contribution in [0.3, 0.4) is 0 Å². The second-order valence-electron chi connectivity index (χ2n) is 4.90. The van der Waals surface area contributed by atoms with E-state index < -0.39 is 0 Å². The van der Waals surface area contributed by atoms with Gasteiger partial charge in [0.05, 0.1) is 0 Å². The van der Waals surface area contributed by atoms with Gasteiger partial charge in [-0.15, -0.1) is 0 Å². The number of aromatic nitrogens is 2. The summed E-state index contributed by atoms with van der Waals surface area (Å²) in [5, 5.41) is 10.3. The fraction of sp³-hybridized carbons (Fsp3) is 0.667. The van der Waals surface area contributed by atoms with Gasteiger partial charge in [0, 0.05) is 51.7 Å². The third kappa shape index (κ3) is 3.22. The van der Waals surface area contributed by atoms with Crippen molar-refractivity contribution in [3.63, 3.8) is 0 Å². The van der Waals surface area contributed by atoms with Crippen LogP contribution < -0.4 is 5.32 Å². The van der Waals surface area contributed by atoms with Crippen LogP contribution in [0.15, 0.2) is 12.3 Å². The molecule has 0 saturated carbocycles. The lowest BCUT2D eigenvalue weighted by atomic mass is 10.1. The summed E-state index contributed by atoms with van der Waals surface area (Å²) >= 11 is 0. The van der Waals surface area contributed by atoms with E-state index >= 15 is 0 Å². The van der Waals surface area contributed by atoms with Gasteiger partial charge in [0.15, 0.2) is 0 Å². The number of nitrogens with zero attached hydrogens (tertiary/aromatic N) is 3. The highest BCUT2D eigenvalue weighted by molar-refractivity contribution is 5.73. The maximum atomic E-state index is 11.8. The number of hydrogen-bond acceptors (Lipinski definition) is 3. The van der Waals surface area contributed by atoms with Crippen molar-refractivity contribution in [3.8, 4) is 0 Å². The molecule has 18 heavy (non-hydrogen) atoms. The fourth-order valence-corrected chi connectivity index (χ4v) is 2.20. The van der Waals surface area contributed by atoms with Crippen LogP contribution in [0.5, 0.6) is 0 Å². The Morgan fingerprint density at radius 3 is 2.83 bits per heavy atom. The third-order valence-electron chi connectivity index (χ3n) is 3.29. The van der Waals surface area contributed by atoms with Gasteiger partial charge in [-0.2, -0.15) is 5.10 Å². The van der Waals surface area contributed by atoms with E-state index in [1.165, 1.54) is 0 Å². The topological polar surface area (TPSA) is 64.3 Å². The second-order valence-corrected chi connectivity index (χ2v) is 4.90. The minimum absolute atomic E-state index is 0.113. The van der Waals surface area contributed by atoms with Gasteiger partial charge in [0.1, 0.15) is 0 Å². The molecule has 1 aromatic heterocycles. The predicted octanol–water partition coefficient (Wildman–Crippen LogP) is 0.645. The molecule has 2 rings (SSSR count). The number of urea groups is 1. The average Bonchev–Trinajstić information content (AvgIpc) is 2.89. The maximum absolute atomic E-state index is 11.8. The number of carbonyl (C=O) groups excluding carboxylic acids is 1. The van der Waals surface area contributed by atoms with Crippen LogP contribution in [0.2, 0.25) is 0 Å². The number of aromatic amines is 1. The first kappa shape index (κ1) is 12.9. The van der Waals surface area contributed by atoms with Gasteiger partial charge >= 0.3 is 6.03 Å². The lowest BCUT2D eigenvalue weighted by molar-refractivity contribution is 0.152. The Morgan fingerprint density at radius 1 is 1.56 bits per heavy atom. The molecule has 0 aliphatic carbocycles. The van der Waals surface area contributed by atoms with E-state index in [0.717, 1.165) is 38.2 Å². The van der Waals surface area contributed by atoms with Crippen LogP contribution in [0.4, 0.5) is 4.79 Å². The van der Waals surface area contributed by atoms with Crippen LogP contribution in [0.1, 0.15) is 18.5 Å². The monoisotopic (exact) mass is 251 g/mol. The van der Waals surface area contributed by atoms with Gasteiger partial charge in [-0.3, -0.25) is 5.10 Å². The number of carbonyl (C=O) groups is 1. The minimum Gasteiger partial charge on any atom is -0.331 e. The number of rotatable bonds is 3. The molecule has 6 heteroatoms. The molecule has 100 valence electrons. The zero-order chi connectivity index (χ0) is 13.0. The van der Waals surface area contributed by atoms with Crippen LogP contribution in [0, 0.1) is 0 Å². The van der Waals surface area contributed by atoms with E-state index in [0.29, 0.717) is 6.04 Å². The summed E-state index contributed by atoms with van der Waals surface area (Å²) in [4.78, 5) is 15.3. The molecule has 0 aromatic carbocycles. The van der Waals surface area contributed by atoms with Crippen molar-refractivity contribution in [3.05, 3.63) is 18.0 Å². The maximum Gasteiger partial charge on any atom is 0.319 e. The van der Waals surface area contributed by atoms with Gasteiger partial charge in [0.25, 0.3) is 0 Å². The summed E-state index contributed by atoms with van der Waals surface area (Å²) in [5.74, 6) is 0. The highest BCUT2D eigenvalue weighted by Gasteiger charge is 2.23. The lowest BCUT2D eigenvalue weighted by Gasteiger charge is -2.34. The van der Waals surface area contributed by atoms with Crippen molar-refractivity contribution in [2.45, 2.75) is 25.4 Å². The first-order valence-electron chi connectivity index (χ1n) is 6.34. The Morgan fingerprint density at radius 2 is 2.28 bits per heavy atom. The number of H-pyrrole nitrogens is 1. The van der Waals surface area contributed by atoms with E-state index in [1.807, 2.05) is 11.0 Å². The highest BCUT2D eigenvalue weighted by atomic mass is 16.2. The zero-order valence-corrected chi connectivity index (χ0v) is 11.0. The summed E-state index contributed by atoms with van der Waals surface area (Å²) in [6, 6.07) is 2.57. The van der Waals surface area contributed by atoms with Crippen LogP contribution in [-0.2, 0) is 6.54 Å². The molecule has 0 bridgehead atoms. The molecule has 0 unspecified atom stereocenters. The molecule has 1 fully saturated rings. The predicted molar refractivity (Wildman–Crippen MR) is 69.1 cm³/mol. The Balaban J connectivity index is 1.72. The summed E-state index contributed by atoms with van der Waals surface area (Å²) in [6.07, 6.45) is 3.77. The van der Waals surface area contributed by atoms with Crippen molar-refractivity contribution < 1.29 is 4.79 Å². The number of nitrogens with one attached hydrogen (secondary N) is 2. The molecule has 2 heterocycles. The van der Waals surface area contributed by atoms with E-state index in [2.05, 4.69) is 15.5 Å². The summed E-state index contributed by atoms with van der Waals surface area (Å²) in [7, 11) is 3.59. The fourth-order valence-electron chi connectivity index (χ4n) is 2.20. The molecule has 1 aliphatic rings. The van der Waals surface area contributed by atoms with E-state index in [-0.39, 0.29) is 6.03 Å². The first-order valence-corrected chi connectivity index (χ1v) is 6.34. The normalized spacial score (nSPS) is 16.9. The molecule has 0 radical (unpaired) electrons. The SMILES string of the molecule is CN(C)C(=O)N1CCC(NCc2ccn[nH]2)CC1. The Labute approximate surface area is 107 Å². The summed E-state index contributed by atoms with van der Waals surface area (Å²) < 4.78 is 0. The average molecular weight is 251 g/mol. The molecule has 2 N–H and O–H groups in total. The molecule has 1 aliphatic heterocycles. The number of likely N-dealkylation sites (tertiary alicyclic amines) is 1. The summed E-state index contributed by atoms with van der Waals surface area (Å²) in [5.41, 5.74) is 1.10. The largest absolute Gasteiger partial charge is 0.331 e. The quantitative estimate of drug-likeness (QED) is 0.829. The molecule has 6 nitrogen and oxygen atoms in total. The van der Waals surface area contributed by atoms with Gasteiger partial charge in [-0.1, -0.05) is 0 Å². The molecule has 0 spiro atoms. The Hall–Kier alpha value is -1.56. The van der Waals surface area contributed by atoms with Crippen molar-refractivity contribution >= 4 is 6.03 Å². The number of amides is 2. The van der Waals surface area contributed by atoms with E-state index in [9.17, 15) is 4.79 Å². The zero-order valence-electron chi connectivity index (χ0n) is 11.0. The van der Waals surface area contributed by atoms with Gasteiger partial charge in [-0.25, -0.2) is 4.79 Å². The molecule has 1 saturated heterocycles. The Kier molecular flexibility index (Phi) is 4.19. The molecule has 1 aromatic rings. The lowest BCUT2D eigenvalue weighted by Crippen LogP contribution is -2.47. The van der Waals surface area contributed by atoms with Crippen molar-refractivity contribution in [2.24, 2.45) is 0 Å². The van der Waals surface area contributed by atoms with Crippen LogP contribution in [0.25, 0.3) is 0 Å². The van der Waals surface area contributed by atoms with E-state index in [1.54, 1.807) is 25.2 Å².